The molecule has 0 bridgehead atoms. The summed E-state index contributed by atoms with van der Waals surface area (Å²) in [5.74, 6) is 0.606. The minimum absolute atomic E-state index is 0.606. The molecule has 1 nitrogen and oxygen atoms in total. The highest BCUT2D eigenvalue weighted by Crippen LogP contribution is 2.21. The molecule has 1 aromatic carbocycles. The predicted molar refractivity (Wildman–Crippen MR) is 53.7 cm³/mol. The number of benzene rings is 1. The van der Waals surface area contributed by atoms with E-state index in [0.717, 1.165) is 5.52 Å². The fourth-order valence-electron chi connectivity index (χ4n) is 1.25. The Morgan fingerprint density at radius 1 is 1.33 bits per heavy atom. The normalized spacial score (nSPS) is 11.2. The Balaban J connectivity index is 2.60. The fraction of sp³-hybridized carbons (Fsp3) is 0.300. The molecule has 0 spiro atoms. The number of hydrogen-bond acceptors (Lipinski definition) is 2. The van der Waals surface area contributed by atoms with Gasteiger partial charge >= 0.3 is 0 Å². The van der Waals surface area contributed by atoms with Gasteiger partial charge in [0, 0.05) is 10.8 Å². The fourth-order valence-corrected chi connectivity index (χ4v) is 1.88. The van der Waals surface area contributed by atoms with E-state index < -0.39 is 0 Å². The molecule has 62 valence electrons. The monoisotopic (exact) mass is 177 g/mol. The Hall–Kier alpha value is -0.890. The van der Waals surface area contributed by atoms with Crippen molar-refractivity contribution in [2.45, 2.75) is 19.8 Å². The lowest BCUT2D eigenvalue weighted by Crippen LogP contribution is -1.85. The first-order valence-electron chi connectivity index (χ1n) is 4.11. The third-order valence-corrected chi connectivity index (χ3v) is 2.71. The summed E-state index contributed by atoms with van der Waals surface area (Å²) >= 11 is 1.52. The number of rotatable bonds is 1. The van der Waals surface area contributed by atoms with Gasteiger partial charge in [-0.3, -0.25) is 0 Å². The Kier molecular flexibility index (Phi) is 1.85. The van der Waals surface area contributed by atoms with E-state index in [-0.39, 0.29) is 0 Å². The standard InChI is InChI=1S/C10H11NS/c1-7(2)8-3-4-10-9(5-8)6-12-11-10/h3-7H,1-2H3. The molecule has 0 fully saturated rings. The Labute approximate surface area is 76.2 Å². The molecule has 2 heteroatoms. The van der Waals surface area contributed by atoms with Crippen LogP contribution in [0, 0.1) is 0 Å². The van der Waals surface area contributed by atoms with Crippen LogP contribution in [0.25, 0.3) is 10.9 Å². The molecule has 1 aromatic heterocycles. The Bertz CT molecular complexity index is 389. The molecule has 2 aromatic rings. The van der Waals surface area contributed by atoms with Gasteiger partial charge in [0.05, 0.1) is 5.52 Å². The van der Waals surface area contributed by atoms with Gasteiger partial charge in [-0.1, -0.05) is 19.9 Å². The van der Waals surface area contributed by atoms with Crippen LogP contribution in [-0.4, -0.2) is 4.37 Å². The summed E-state index contributed by atoms with van der Waals surface area (Å²) in [5.41, 5.74) is 2.51. The van der Waals surface area contributed by atoms with Crippen molar-refractivity contribution in [3.05, 3.63) is 29.1 Å². The first-order chi connectivity index (χ1) is 5.77. The maximum absolute atomic E-state index is 4.26. The van der Waals surface area contributed by atoms with Gasteiger partial charge in [-0.05, 0) is 35.1 Å². The van der Waals surface area contributed by atoms with Crippen LogP contribution in [0.4, 0.5) is 0 Å². The van der Waals surface area contributed by atoms with Crippen molar-refractivity contribution in [3.63, 3.8) is 0 Å². The van der Waals surface area contributed by atoms with Crippen LogP contribution in [0.5, 0.6) is 0 Å². The average Bonchev–Trinajstić information content (AvgIpc) is 2.49. The molecule has 0 aliphatic carbocycles. The van der Waals surface area contributed by atoms with Gasteiger partial charge in [0.2, 0.25) is 0 Å². The number of nitrogens with zero attached hydrogens (tertiary/aromatic N) is 1. The summed E-state index contributed by atoms with van der Waals surface area (Å²) in [6.07, 6.45) is 0. The summed E-state index contributed by atoms with van der Waals surface area (Å²) in [5, 5.41) is 3.37. The molecule has 0 aliphatic heterocycles. The van der Waals surface area contributed by atoms with Gasteiger partial charge in [0.15, 0.2) is 0 Å². The zero-order valence-corrected chi connectivity index (χ0v) is 8.06. The third-order valence-electron chi connectivity index (χ3n) is 2.05. The minimum atomic E-state index is 0.606. The highest BCUT2D eigenvalue weighted by atomic mass is 32.1. The summed E-state index contributed by atoms with van der Waals surface area (Å²) in [7, 11) is 0. The van der Waals surface area contributed by atoms with Gasteiger partial charge in [0.1, 0.15) is 0 Å². The zero-order chi connectivity index (χ0) is 8.55. The van der Waals surface area contributed by atoms with Gasteiger partial charge in [-0.25, -0.2) is 0 Å². The molecule has 12 heavy (non-hydrogen) atoms. The van der Waals surface area contributed by atoms with Crippen molar-refractivity contribution in [3.8, 4) is 0 Å². The van der Waals surface area contributed by atoms with E-state index in [0.29, 0.717) is 5.92 Å². The number of hydrogen-bond donors (Lipinski definition) is 0. The van der Waals surface area contributed by atoms with E-state index >= 15 is 0 Å². The van der Waals surface area contributed by atoms with Crippen molar-refractivity contribution >= 4 is 22.4 Å². The van der Waals surface area contributed by atoms with Crippen molar-refractivity contribution < 1.29 is 0 Å². The predicted octanol–water partition coefficient (Wildman–Crippen LogP) is 3.42. The Morgan fingerprint density at radius 3 is 2.92 bits per heavy atom. The second-order valence-electron chi connectivity index (χ2n) is 3.29. The maximum Gasteiger partial charge on any atom is 0.0840 e. The van der Waals surface area contributed by atoms with Crippen molar-refractivity contribution in [2.24, 2.45) is 0 Å². The molecule has 0 radical (unpaired) electrons. The molecule has 2 rings (SSSR count). The molecule has 0 amide bonds. The van der Waals surface area contributed by atoms with Gasteiger partial charge in [0.25, 0.3) is 0 Å². The Morgan fingerprint density at radius 2 is 2.17 bits per heavy atom. The van der Waals surface area contributed by atoms with Crippen LogP contribution in [0.2, 0.25) is 0 Å². The highest BCUT2D eigenvalue weighted by molar-refractivity contribution is 7.04. The van der Waals surface area contributed by atoms with Crippen LogP contribution in [0.3, 0.4) is 0 Å². The number of fused-ring (bicyclic) bond motifs is 1. The van der Waals surface area contributed by atoms with E-state index in [1.165, 1.54) is 22.5 Å². The molecule has 0 saturated carbocycles. The maximum atomic E-state index is 4.26. The van der Waals surface area contributed by atoms with E-state index in [1.807, 2.05) is 0 Å². The van der Waals surface area contributed by atoms with Gasteiger partial charge in [-0.15, -0.1) is 0 Å². The minimum Gasteiger partial charge on any atom is -0.193 e. The van der Waals surface area contributed by atoms with Crippen molar-refractivity contribution in [2.75, 3.05) is 0 Å². The van der Waals surface area contributed by atoms with Crippen molar-refractivity contribution in [1.82, 2.24) is 4.37 Å². The van der Waals surface area contributed by atoms with E-state index in [1.54, 1.807) is 0 Å². The SMILES string of the molecule is CC(C)c1ccc2nscc2c1. The van der Waals surface area contributed by atoms with Crippen LogP contribution in [-0.2, 0) is 0 Å². The average molecular weight is 177 g/mol. The summed E-state index contributed by atoms with van der Waals surface area (Å²) in [6.45, 7) is 4.42. The molecule has 1 heterocycles. The first-order valence-corrected chi connectivity index (χ1v) is 4.95. The summed E-state index contributed by atoms with van der Waals surface area (Å²) in [6, 6.07) is 6.48. The second kappa shape index (κ2) is 2.87. The van der Waals surface area contributed by atoms with Gasteiger partial charge < -0.3 is 0 Å². The molecule has 0 aliphatic rings. The molecule has 0 saturated heterocycles. The van der Waals surface area contributed by atoms with Crippen molar-refractivity contribution in [1.29, 1.82) is 0 Å². The number of aromatic nitrogens is 1. The third kappa shape index (κ3) is 1.23. The topological polar surface area (TPSA) is 12.9 Å². The first kappa shape index (κ1) is 7.74. The lowest BCUT2D eigenvalue weighted by molar-refractivity contribution is 0.869. The lowest BCUT2D eigenvalue weighted by Gasteiger charge is -2.03. The molecular formula is C10H11NS. The summed E-state index contributed by atoms with van der Waals surface area (Å²) < 4.78 is 4.26. The largest absolute Gasteiger partial charge is 0.193 e. The van der Waals surface area contributed by atoms with E-state index in [4.69, 9.17) is 0 Å². The lowest BCUT2D eigenvalue weighted by atomic mass is 10.0. The smallest absolute Gasteiger partial charge is 0.0840 e. The van der Waals surface area contributed by atoms with Crippen LogP contribution >= 0.6 is 11.5 Å². The highest BCUT2D eigenvalue weighted by Gasteiger charge is 2.01. The second-order valence-corrected chi connectivity index (χ2v) is 3.92. The van der Waals surface area contributed by atoms with Crippen LogP contribution in [0.1, 0.15) is 25.3 Å². The molecule has 0 N–H and O–H groups in total. The van der Waals surface area contributed by atoms with E-state index in [2.05, 4.69) is 41.8 Å². The zero-order valence-electron chi connectivity index (χ0n) is 7.24. The molecule has 0 unspecified atom stereocenters. The van der Waals surface area contributed by atoms with Gasteiger partial charge in [-0.2, -0.15) is 4.37 Å². The molecular weight excluding hydrogens is 166 g/mol. The van der Waals surface area contributed by atoms with Crippen LogP contribution in [0.15, 0.2) is 23.6 Å². The van der Waals surface area contributed by atoms with Crippen LogP contribution < -0.4 is 0 Å². The quantitative estimate of drug-likeness (QED) is 0.650. The molecule has 0 atom stereocenters. The summed E-state index contributed by atoms with van der Waals surface area (Å²) in [4.78, 5) is 0. The van der Waals surface area contributed by atoms with E-state index in [9.17, 15) is 0 Å².